The minimum atomic E-state index is -4.12. The van der Waals surface area contributed by atoms with Gasteiger partial charge in [0.05, 0.1) is 17.2 Å². The zero-order valence-electron chi connectivity index (χ0n) is 23.2. The van der Waals surface area contributed by atoms with Gasteiger partial charge < -0.3 is 15.0 Å². The molecule has 1 N–H and O–H groups in total. The van der Waals surface area contributed by atoms with E-state index < -0.39 is 28.5 Å². The standard InChI is InChI=1S/C30H36BrN3O5S/c1-5-22(3)32-30(36)23(4)33(20-24-12-14-25(31)15-13-24)29(35)21-34(26-16-18-27(19-17-26)39-6-2)40(37,38)28-10-8-7-9-11-28/h7-19,22-23H,5-6,20-21H2,1-4H3,(H,32,36)/t22-,23+/m1/s1. The van der Waals surface area contributed by atoms with Crippen LogP contribution in [0, 0.1) is 0 Å². The Morgan fingerprint density at radius 1 is 0.925 bits per heavy atom. The van der Waals surface area contributed by atoms with Crippen molar-refractivity contribution in [3.05, 3.63) is 88.9 Å². The van der Waals surface area contributed by atoms with Crippen molar-refractivity contribution in [1.29, 1.82) is 0 Å². The maximum Gasteiger partial charge on any atom is 0.264 e. The largest absolute Gasteiger partial charge is 0.494 e. The van der Waals surface area contributed by atoms with Gasteiger partial charge in [0, 0.05) is 17.1 Å². The summed E-state index contributed by atoms with van der Waals surface area (Å²) >= 11 is 3.42. The van der Waals surface area contributed by atoms with Crippen LogP contribution < -0.4 is 14.4 Å². The molecule has 0 spiro atoms. The van der Waals surface area contributed by atoms with E-state index in [9.17, 15) is 18.0 Å². The lowest BCUT2D eigenvalue weighted by molar-refractivity contribution is -0.139. The summed E-state index contributed by atoms with van der Waals surface area (Å²) in [7, 11) is -4.12. The minimum absolute atomic E-state index is 0.0544. The number of hydrogen-bond acceptors (Lipinski definition) is 5. The smallest absolute Gasteiger partial charge is 0.264 e. The van der Waals surface area contributed by atoms with E-state index in [1.807, 2.05) is 45.0 Å². The molecule has 214 valence electrons. The van der Waals surface area contributed by atoms with Crippen molar-refractivity contribution in [2.75, 3.05) is 17.5 Å². The average molecular weight is 631 g/mol. The van der Waals surface area contributed by atoms with E-state index in [2.05, 4.69) is 21.2 Å². The van der Waals surface area contributed by atoms with Crippen LogP contribution in [-0.4, -0.2) is 50.4 Å². The maximum atomic E-state index is 14.0. The van der Waals surface area contributed by atoms with Crippen molar-refractivity contribution < 1.29 is 22.7 Å². The van der Waals surface area contributed by atoms with Crippen molar-refractivity contribution >= 4 is 43.5 Å². The highest BCUT2D eigenvalue weighted by molar-refractivity contribution is 9.10. The molecule has 3 aromatic rings. The lowest BCUT2D eigenvalue weighted by Crippen LogP contribution is -2.52. The number of carbonyl (C=O) groups excluding carboxylic acids is 2. The summed E-state index contributed by atoms with van der Waals surface area (Å²) in [6.45, 7) is 7.46. The van der Waals surface area contributed by atoms with Crippen LogP contribution in [0.5, 0.6) is 5.75 Å². The highest BCUT2D eigenvalue weighted by Crippen LogP contribution is 2.26. The Balaban J connectivity index is 2.01. The molecule has 2 amide bonds. The number of benzene rings is 3. The molecule has 0 aliphatic heterocycles. The SMILES string of the molecule is CCOc1ccc(N(CC(=O)N(Cc2ccc(Br)cc2)[C@@H](C)C(=O)N[C@H](C)CC)S(=O)(=O)c2ccccc2)cc1. The lowest BCUT2D eigenvalue weighted by Gasteiger charge is -2.32. The maximum absolute atomic E-state index is 14.0. The monoisotopic (exact) mass is 629 g/mol. The van der Waals surface area contributed by atoms with Crippen LogP contribution in [0.2, 0.25) is 0 Å². The van der Waals surface area contributed by atoms with Gasteiger partial charge in [-0.1, -0.05) is 53.2 Å². The highest BCUT2D eigenvalue weighted by Gasteiger charge is 2.32. The Hall–Kier alpha value is -3.37. The van der Waals surface area contributed by atoms with Gasteiger partial charge in [-0.3, -0.25) is 13.9 Å². The molecule has 0 radical (unpaired) electrons. The predicted molar refractivity (Wildman–Crippen MR) is 161 cm³/mol. The molecule has 0 aromatic heterocycles. The first-order valence-electron chi connectivity index (χ1n) is 13.2. The Labute approximate surface area is 245 Å². The molecule has 8 nitrogen and oxygen atoms in total. The molecule has 0 bridgehead atoms. The van der Waals surface area contributed by atoms with Crippen molar-refractivity contribution in [3.8, 4) is 5.75 Å². The predicted octanol–water partition coefficient (Wildman–Crippen LogP) is 5.38. The third-order valence-corrected chi connectivity index (χ3v) is 8.80. The van der Waals surface area contributed by atoms with E-state index in [4.69, 9.17) is 4.74 Å². The van der Waals surface area contributed by atoms with Crippen molar-refractivity contribution in [2.45, 2.75) is 57.6 Å². The van der Waals surface area contributed by atoms with Crippen molar-refractivity contribution in [2.24, 2.45) is 0 Å². The third-order valence-electron chi connectivity index (χ3n) is 6.48. The molecule has 0 saturated carbocycles. The Morgan fingerprint density at radius 3 is 2.12 bits per heavy atom. The molecule has 10 heteroatoms. The highest BCUT2D eigenvalue weighted by atomic mass is 79.9. The number of sulfonamides is 1. The Bertz CT molecular complexity index is 1370. The second-order valence-corrected chi connectivity index (χ2v) is 12.2. The Morgan fingerprint density at radius 2 is 1.55 bits per heavy atom. The number of rotatable bonds is 13. The molecule has 3 aromatic carbocycles. The molecule has 0 fully saturated rings. The van der Waals surface area contributed by atoms with E-state index in [0.29, 0.717) is 18.0 Å². The van der Waals surface area contributed by atoms with Gasteiger partial charge in [-0.05, 0) is 81.3 Å². The van der Waals surface area contributed by atoms with Crippen LogP contribution in [-0.2, 0) is 26.2 Å². The normalized spacial score (nSPS) is 12.7. The van der Waals surface area contributed by atoms with E-state index in [1.54, 1.807) is 49.4 Å². The van der Waals surface area contributed by atoms with Gasteiger partial charge in [-0.2, -0.15) is 0 Å². The van der Waals surface area contributed by atoms with Gasteiger partial charge in [-0.25, -0.2) is 8.42 Å². The summed E-state index contributed by atoms with van der Waals surface area (Å²) in [5.41, 5.74) is 1.11. The first kappa shape index (κ1) is 31.2. The van der Waals surface area contributed by atoms with Crippen LogP contribution in [0.15, 0.2) is 88.2 Å². The van der Waals surface area contributed by atoms with Crippen LogP contribution >= 0.6 is 15.9 Å². The van der Waals surface area contributed by atoms with Gasteiger partial charge in [-0.15, -0.1) is 0 Å². The van der Waals surface area contributed by atoms with Crippen LogP contribution in [0.3, 0.4) is 0 Å². The van der Waals surface area contributed by atoms with Crippen LogP contribution in [0.25, 0.3) is 0 Å². The molecular weight excluding hydrogens is 594 g/mol. The van der Waals surface area contributed by atoms with Gasteiger partial charge in [0.1, 0.15) is 18.3 Å². The van der Waals surface area contributed by atoms with E-state index in [1.165, 1.54) is 17.0 Å². The number of nitrogens with zero attached hydrogens (tertiary/aromatic N) is 2. The topological polar surface area (TPSA) is 96.0 Å². The molecule has 40 heavy (non-hydrogen) atoms. The van der Waals surface area contributed by atoms with Gasteiger partial charge >= 0.3 is 0 Å². The lowest BCUT2D eigenvalue weighted by atomic mass is 10.1. The van der Waals surface area contributed by atoms with Gasteiger partial charge in [0.15, 0.2) is 0 Å². The molecule has 0 saturated heterocycles. The number of nitrogens with one attached hydrogen (secondary N) is 1. The first-order chi connectivity index (χ1) is 19.1. The zero-order chi connectivity index (χ0) is 29.3. The number of anilines is 1. The third kappa shape index (κ3) is 8.08. The van der Waals surface area contributed by atoms with Crippen molar-refractivity contribution in [3.63, 3.8) is 0 Å². The number of ether oxygens (including phenoxy) is 1. The van der Waals surface area contributed by atoms with E-state index >= 15 is 0 Å². The summed E-state index contributed by atoms with van der Waals surface area (Å²) < 4.78 is 35.1. The quantitative estimate of drug-likeness (QED) is 0.274. The molecular formula is C30H36BrN3O5S. The molecule has 2 atom stereocenters. The van der Waals surface area contributed by atoms with Gasteiger partial charge in [0.2, 0.25) is 11.8 Å². The number of amides is 2. The first-order valence-corrected chi connectivity index (χ1v) is 15.4. The Kier molecular flexibility index (Phi) is 11.2. The second-order valence-electron chi connectivity index (χ2n) is 9.39. The summed E-state index contributed by atoms with van der Waals surface area (Å²) in [4.78, 5) is 28.5. The van der Waals surface area contributed by atoms with E-state index in [-0.39, 0.29) is 23.4 Å². The zero-order valence-corrected chi connectivity index (χ0v) is 25.6. The number of halogens is 1. The summed E-state index contributed by atoms with van der Waals surface area (Å²) in [5, 5.41) is 2.93. The fourth-order valence-electron chi connectivity index (χ4n) is 3.96. The summed E-state index contributed by atoms with van der Waals surface area (Å²) in [6, 6.07) is 21.0. The molecule has 3 rings (SSSR count). The molecule has 0 aliphatic rings. The second kappa shape index (κ2) is 14.3. The van der Waals surface area contributed by atoms with Crippen LogP contribution in [0.4, 0.5) is 5.69 Å². The number of carbonyl (C=O) groups is 2. The fourth-order valence-corrected chi connectivity index (χ4v) is 5.66. The molecule has 0 aliphatic carbocycles. The minimum Gasteiger partial charge on any atom is -0.494 e. The average Bonchev–Trinajstić information content (AvgIpc) is 2.96. The molecule has 0 heterocycles. The summed E-state index contributed by atoms with van der Waals surface area (Å²) in [5.74, 6) is -0.233. The van der Waals surface area contributed by atoms with Crippen LogP contribution in [0.1, 0.15) is 39.7 Å². The molecule has 0 unspecified atom stereocenters. The summed E-state index contributed by atoms with van der Waals surface area (Å²) in [6.07, 6.45) is 0.736. The van der Waals surface area contributed by atoms with Crippen molar-refractivity contribution in [1.82, 2.24) is 10.2 Å². The number of hydrogen-bond donors (Lipinski definition) is 1. The fraction of sp³-hybridized carbons (Fsp3) is 0.333. The van der Waals surface area contributed by atoms with Gasteiger partial charge in [0.25, 0.3) is 10.0 Å². The van der Waals surface area contributed by atoms with E-state index in [0.717, 1.165) is 20.8 Å².